The molecule has 14 heavy (non-hydrogen) atoms. The van der Waals surface area contributed by atoms with Crippen molar-refractivity contribution in [2.24, 2.45) is 0 Å². The van der Waals surface area contributed by atoms with Crippen LogP contribution in [0.3, 0.4) is 0 Å². The number of aryl methyl sites for hydroxylation is 1. The first-order chi connectivity index (χ1) is 6.42. The van der Waals surface area contributed by atoms with E-state index in [9.17, 15) is 4.57 Å². The zero-order valence-electron chi connectivity index (χ0n) is 7.54. The molecule has 3 N–H and O–H groups in total. The van der Waals surface area contributed by atoms with E-state index >= 15 is 0 Å². The van der Waals surface area contributed by atoms with Crippen LogP contribution in [-0.4, -0.2) is 14.9 Å². The molecule has 5 nitrogen and oxygen atoms in total. The van der Waals surface area contributed by atoms with Gasteiger partial charge in [0.15, 0.2) is 0 Å². The van der Waals surface area contributed by atoms with Crippen molar-refractivity contribution in [3.8, 4) is 11.5 Å². The highest BCUT2D eigenvalue weighted by molar-refractivity contribution is 7.46. The summed E-state index contributed by atoms with van der Waals surface area (Å²) in [6.45, 7) is 1.79. The number of aromatic hydroxyl groups is 1. The molecular weight excluding hydrogens is 207 g/mol. The standard InChI is InChI=1S/C8H11O5P/c1-2-6-5-7(9)3-4-8(6)13-14(10,11)12/h3-5,9H,2H2,1H3,(H2,10,11,12). The summed E-state index contributed by atoms with van der Waals surface area (Å²) in [7, 11) is -4.52. The third kappa shape index (κ3) is 3.03. The number of phenolic OH excluding ortho intramolecular Hbond substituents is 1. The van der Waals surface area contributed by atoms with Gasteiger partial charge in [0.05, 0.1) is 0 Å². The molecule has 0 aliphatic rings. The van der Waals surface area contributed by atoms with Crippen molar-refractivity contribution in [2.45, 2.75) is 13.3 Å². The summed E-state index contributed by atoms with van der Waals surface area (Å²) in [5, 5.41) is 9.12. The quantitative estimate of drug-likeness (QED) is 0.668. The third-order valence-electron chi connectivity index (χ3n) is 1.64. The van der Waals surface area contributed by atoms with E-state index in [-0.39, 0.29) is 11.5 Å². The molecule has 0 aliphatic heterocycles. The van der Waals surface area contributed by atoms with Gasteiger partial charge in [0, 0.05) is 0 Å². The van der Waals surface area contributed by atoms with Crippen LogP contribution < -0.4 is 4.52 Å². The fourth-order valence-electron chi connectivity index (χ4n) is 1.06. The van der Waals surface area contributed by atoms with E-state index < -0.39 is 7.82 Å². The Morgan fingerprint density at radius 1 is 1.43 bits per heavy atom. The summed E-state index contributed by atoms with van der Waals surface area (Å²) in [6.07, 6.45) is 0.518. The van der Waals surface area contributed by atoms with Crippen molar-refractivity contribution in [3.05, 3.63) is 23.8 Å². The van der Waals surface area contributed by atoms with Crippen LogP contribution in [0.1, 0.15) is 12.5 Å². The Kier molecular flexibility index (Phi) is 3.16. The number of rotatable bonds is 3. The lowest BCUT2D eigenvalue weighted by Gasteiger charge is -2.10. The molecule has 0 atom stereocenters. The van der Waals surface area contributed by atoms with E-state index in [0.29, 0.717) is 12.0 Å². The van der Waals surface area contributed by atoms with E-state index in [1.54, 1.807) is 6.92 Å². The second kappa shape index (κ2) is 4.00. The molecule has 0 saturated carbocycles. The lowest BCUT2D eigenvalue weighted by molar-refractivity contribution is 0.282. The predicted octanol–water partition coefficient (Wildman–Crippen LogP) is 1.43. The first-order valence-electron chi connectivity index (χ1n) is 3.99. The average molecular weight is 218 g/mol. The molecule has 1 rings (SSSR count). The summed E-state index contributed by atoms with van der Waals surface area (Å²) in [5.74, 6) is 0.138. The SMILES string of the molecule is CCc1cc(O)ccc1OP(=O)(O)O. The predicted molar refractivity (Wildman–Crippen MR) is 50.2 cm³/mol. The Bertz CT molecular complexity index is 370. The van der Waals surface area contributed by atoms with E-state index in [1.165, 1.54) is 18.2 Å². The minimum Gasteiger partial charge on any atom is -0.508 e. The van der Waals surface area contributed by atoms with Gasteiger partial charge in [-0.3, -0.25) is 9.79 Å². The van der Waals surface area contributed by atoms with Crippen molar-refractivity contribution >= 4 is 7.82 Å². The van der Waals surface area contributed by atoms with Gasteiger partial charge in [-0.15, -0.1) is 0 Å². The third-order valence-corrected chi connectivity index (χ3v) is 2.08. The van der Waals surface area contributed by atoms with E-state index in [2.05, 4.69) is 4.52 Å². The van der Waals surface area contributed by atoms with Crippen molar-refractivity contribution in [2.75, 3.05) is 0 Å². The number of benzene rings is 1. The minimum absolute atomic E-state index is 0.0416. The highest BCUT2D eigenvalue weighted by Gasteiger charge is 2.17. The largest absolute Gasteiger partial charge is 0.524 e. The molecule has 0 radical (unpaired) electrons. The number of hydrogen-bond donors (Lipinski definition) is 3. The number of phenols is 1. The maximum atomic E-state index is 10.6. The zero-order chi connectivity index (χ0) is 10.8. The Morgan fingerprint density at radius 2 is 2.07 bits per heavy atom. The molecule has 0 spiro atoms. The molecule has 6 heteroatoms. The summed E-state index contributed by atoms with van der Waals surface area (Å²) >= 11 is 0. The van der Waals surface area contributed by atoms with Crippen molar-refractivity contribution in [1.82, 2.24) is 0 Å². The zero-order valence-corrected chi connectivity index (χ0v) is 8.44. The summed E-state index contributed by atoms with van der Waals surface area (Å²) in [4.78, 5) is 17.2. The van der Waals surface area contributed by atoms with Crippen LogP contribution in [0.15, 0.2) is 18.2 Å². The first kappa shape index (κ1) is 11.0. The molecule has 0 heterocycles. The topological polar surface area (TPSA) is 87.0 Å². The molecule has 78 valence electrons. The molecule has 0 aromatic heterocycles. The molecule has 1 aromatic carbocycles. The van der Waals surface area contributed by atoms with Gasteiger partial charge in [-0.1, -0.05) is 6.92 Å². The molecule has 0 unspecified atom stereocenters. The molecule has 1 aromatic rings. The number of hydrogen-bond acceptors (Lipinski definition) is 3. The Morgan fingerprint density at radius 3 is 2.57 bits per heavy atom. The van der Waals surface area contributed by atoms with E-state index in [0.717, 1.165) is 0 Å². The smallest absolute Gasteiger partial charge is 0.508 e. The lowest BCUT2D eigenvalue weighted by atomic mass is 10.1. The minimum atomic E-state index is -4.52. The maximum absolute atomic E-state index is 10.6. The summed E-state index contributed by atoms with van der Waals surface area (Å²) < 4.78 is 15.0. The molecule has 0 amide bonds. The highest BCUT2D eigenvalue weighted by atomic mass is 31.2. The number of phosphoric ester groups is 1. The molecule has 0 fully saturated rings. The maximum Gasteiger partial charge on any atom is 0.524 e. The average Bonchev–Trinajstić information content (AvgIpc) is 2.06. The second-order valence-corrected chi connectivity index (χ2v) is 3.89. The summed E-state index contributed by atoms with van der Waals surface area (Å²) in [6, 6.07) is 4.04. The van der Waals surface area contributed by atoms with Crippen molar-refractivity contribution in [3.63, 3.8) is 0 Å². The van der Waals surface area contributed by atoms with Crippen LogP contribution in [0.2, 0.25) is 0 Å². The van der Waals surface area contributed by atoms with Gasteiger partial charge in [0.25, 0.3) is 0 Å². The van der Waals surface area contributed by atoms with Crippen molar-refractivity contribution < 1.29 is 24.0 Å². The van der Waals surface area contributed by atoms with Crippen molar-refractivity contribution in [1.29, 1.82) is 0 Å². The van der Waals surface area contributed by atoms with E-state index in [1.807, 2.05) is 0 Å². The van der Waals surface area contributed by atoms with Gasteiger partial charge >= 0.3 is 7.82 Å². The Hall–Kier alpha value is -1.03. The molecule has 0 saturated heterocycles. The van der Waals surface area contributed by atoms with E-state index in [4.69, 9.17) is 14.9 Å². The van der Waals surface area contributed by atoms with Gasteiger partial charge in [-0.2, -0.15) is 0 Å². The highest BCUT2D eigenvalue weighted by Crippen LogP contribution is 2.39. The molecular formula is C8H11O5P. The lowest BCUT2D eigenvalue weighted by Crippen LogP contribution is -1.94. The summed E-state index contributed by atoms with van der Waals surface area (Å²) in [5.41, 5.74) is 0.549. The molecule has 0 aliphatic carbocycles. The normalized spacial score (nSPS) is 11.4. The van der Waals surface area contributed by atoms with Crippen LogP contribution in [0, 0.1) is 0 Å². The van der Waals surface area contributed by atoms with Gasteiger partial charge in [-0.25, -0.2) is 4.57 Å². The van der Waals surface area contributed by atoms with Crippen LogP contribution in [0.25, 0.3) is 0 Å². The second-order valence-electron chi connectivity index (χ2n) is 2.73. The van der Waals surface area contributed by atoms with Gasteiger partial charge in [-0.05, 0) is 30.2 Å². The Balaban J connectivity index is 3.03. The number of phosphoric acid groups is 1. The molecule has 0 bridgehead atoms. The van der Waals surface area contributed by atoms with Crippen LogP contribution in [0.4, 0.5) is 0 Å². The van der Waals surface area contributed by atoms with Crippen LogP contribution in [0.5, 0.6) is 11.5 Å². The fourth-order valence-corrected chi connectivity index (χ4v) is 1.49. The monoisotopic (exact) mass is 218 g/mol. The fraction of sp³-hybridized carbons (Fsp3) is 0.250. The first-order valence-corrected chi connectivity index (χ1v) is 5.52. The van der Waals surface area contributed by atoms with Crippen LogP contribution >= 0.6 is 7.82 Å². The van der Waals surface area contributed by atoms with Gasteiger partial charge in [0.2, 0.25) is 0 Å². The van der Waals surface area contributed by atoms with Gasteiger partial charge < -0.3 is 9.63 Å². The van der Waals surface area contributed by atoms with Crippen LogP contribution in [-0.2, 0) is 11.0 Å². The van der Waals surface area contributed by atoms with Gasteiger partial charge in [0.1, 0.15) is 11.5 Å². The Labute approximate surface area is 81.2 Å².